The molecule has 8 heteroatoms. The maximum atomic E-state index is 10.9. The first-order valence-corrected chi connectivity index (χ1v) is 5.44. The first-order valence-electron chi connectivity index (χ1n) is 5.44. The van der Waals surface area contributed by atoms with E-state index >= 15 is 0 Å². The fourth-order valence-electron chi connectivity index (χ4n) is 1.91. The molecule has 0 spiro atoms. The van der Waals surface area contributed by atoms with Gasteiger partial charge in [-0.25, -0.2) is 0 Å². The Labute approximate surface area is 115 Å². The van der Waals surface area contributed by atoms with Gasteiger partial charge in [0.1, 0.15) is 12.2 Å². The van der Waals surface area contributed by atoms with Gasteiger partial charge in [0.25, 0.3) is 6.23 Å². The summed E-state index contributed by atoms with van der Waals surface area (Å²) in [5.74, 6) is -0.851. The number of aliphatic hydroxyl groups excluding tert-OH is 3. The summed E-state index contributed by atoms with van der Waals surface area (Å²) in [6.07, 6.45) is -1.25. The average Bonchev–Trinajstić information content (AvgIpc) is 2.66. The minimum absolute atomic E-state index is 0. The Morgan fingerprint density at radius 2 is 2.11 bits per heavy atom. The second-order valence-corrected chi connectivity index (χ2v) is 4.10. The van der Waals surface area contributed by atoms with Crippen LogP contribution in [0.15, 0.2) is 24.5 Å². The van der Waals surface area contributed by atoms with Gasteiger partial charge >= 0.3 is 0 Å². The van der Waals surface area contributed by atoms with Gasteiger partial charge in [-0.1, -0.05) is 0 Å². The van der Waals surface area contributed by atoms with Crippen LogP contribution in [0.25, 0.3) is 0 Å². The minimum atomic E-state index is -1.21. The molecule has 1 aromatic rings. The Morgan fingerprint density at radius 1 is 1.42 bits per heavy atom. The maximum absolute atomic E-state index is 10.9. The van der Waals surface area contributed by atoms with Crippen LogP contribution < -0.4 is 9.67 Å². The Balaban J connectivity index is 0.00000180. The Morgan fingerprint density at radius 3 is 2.63 bits per heavy atom. The number of ether oxygens (including phenoxy) is 1. The first-order chi connectivity index (χ1) is 8.54. The highest BCUT2D eigenvalue weighted by Crippen LogP contribution is 2.24. The summed E-state index contributed by atoms with van der Waals surface area (Å²) in [5.41, 5.74) is 0.148. The smallest absolute Gasteiger partial charge is 0.292 e. The Kier molecular flexibility index (Phi) is 5.21. The molecule has 0 amide bonds. The number of nitrogens with one attached hydrogen (secondary N) is 1. The monoisotopic (exact) mass is 290 g/mol. The Bertz CT molecular complexity index is 458. The van der Waals surface area contributed by atoms with Crippen LogP contribution in [0.3, 0.4) is 0 Å². The van der Waals surface area contributed by atoms with Gasteiger partial charge in [-0.15, -0.1) is 12.4 Å². The molecule has 106 valence electrons. The van der Waals surface area contributed by atoms with Crippen molar-refractivity contribution in [2.24, 2.45) is 0 Å². The van der Waals surface area contributed by atoms with Crippen molar-refractivity contribution in [1.29, 1.82) is 5.41 Å². The average molecular weight is 291 g/mol. The predicted molar refractivity (Wildman–Crippen MR) is 63.7 cm³/mol. The molecule has 0 aliphatic carbocycles. The van der Waals surface area contributed by atoms with E-state index in [4.69, 9.17) is 15.3 Å². The summed E-state index contributed by atoms with van der Waals surface area (Å²) in [5, 5.41) is 46.3. The number of hydrogen-bond acceptors (Lipinski definition) is 6. The van der Waals surface area contributed by atoms with E-state index in [0.717, 1.165) is 0 Å². The molecule has 4 N–H and O–H groups in total. The molecule has 2 rings (SSSR count). The largest absolute Gasteiger partial charge is 0.859 e. The highest BCUT2D eigenvalue weighted by Gasteiger charge is 2.47. The van der Waals surface area contributed by atoms with Gasteiger partial charge in [0.15, 0.2) is 18.5 Å². The molecule has 4 atom stereocenters. The zero-order valence-corrected chi connectivity index (χ0v) is 10.7. The van der Waals surface area contributed by atoms with Crippen LogP contribution in [0.1, 0.15) is 11.8 Å². The molecule has 0 bridgehead atoms. The molecule has 7 nitrogen and oxygen atoms in total. The summed E-state index contributed by atoms with van der Waals surface area (Å²) < 4.78 is 6.69. The molecule has 1 aliphatic heterocycles. The van der Waals surface area contributed by atoms with Crippen LogP contribution in [0.4, 0.5) is 0 Å². The highest BCUT2D eigenvalue weighted by molar-refractivity contribution is 5.87. The summed E-state index contributed by atoms with van der Waals surface area (Å²) in [7, 11) is 0. The van der Waals surface area contributed by atoms with Crippen molar-refractivity contribution in [1.82, 2.24) is 0 Å². The quantitative estimate of drug-likeness (QED) is 0.283. The fraction of sp³-hybridized carbons (Fsp3) is 0.455. The van der Waals surface area contributed by atoms with Gasteiger partial charge in [0, 0.05) is 11.6 Å². The Hall–Kier alpha value is -1.25. The fourth-order valence-corrected chi connectivity index (χ4v) is 1.91. The van der Waals surface area contributed by atoms with Gasteiger partial charge in [-0.05, 0) is 12.0 Å². The number of nitrogens with zero attached hydrogens (tertiary/aromatic N) is 1. The summed E-state index contributed by atoms with van der Waals surface area (Å²) in [6, 6.07) is 3.00. The van der Waals surface area contributed by atoms with E-state index in [9.17, 15) is 15.3 Å². The predicted octanol–water partition coefficient (Wildman–Crippen LogP) is -2.31. The first kappa shape index (κ1) is 15.8. The van der Waals surface area contributed by atoms with Crippen LogP contribution >= 0.6 is 12.4 Å². The second kappa shape index (κ2) is 6.27. The maximum Gasteiger partial charge on any atom is 0.292 e. The molecule has 19 heavy (non-hydrogen) atoms. The van der Waals surface area contributed by atoms with E-state index in [1.54, 1.807) is 6.20 Å². The van der Waals surface area contributed by atoms with Crippen molar-refractivity contribution in [2.75, 3.05) is 6.61 Å². The van der Waals surface area contributed by atoms with E-state index < -0.39 is 37.0 Å². The number of pyridine rings is 1. The van der Waals surface area contributed by atoms with E-state index in [2.05, 4.69) is 0 Å². The lowest BCUT2D eigenvalue weighted by molar-refractivity contribution is -0.765. The summed E-state index contributed by atoms with van der Waals surface area (Å²) >= 11 is 0. The zero-order chi connectivity index (χ0) is 13.3. The van der Waals surface area contributed by atoms with Crippen molar-refractivity contribution in [3.8, 4) is 0 Å². The van der Waals surface area contributed by atoms with E-state index in [1.165, 1.54) is 22.9 Å². The highest BCUT2D eigenvalue weighted by atomic mass is 35.5. The molecule has 0 aromatic carbocycles. The van der Waals surface area contributed by atoms with Crippen molar-refractivity contribution in [2.45, 2.75) is 24.5 Å². The van der Waals surface area contributed by atoms with Crippen LogP contribution in [-0.4, -0.2) is 46.1 Å². The van der Waals surface area contributed by atoms with Crippen molar-refractivity contribution >= 4 is 18.3 Å². The van der Waals surface area contributed by atoms with Gasteiger partial charge in [0.05, 0.1) is 6.61 Å². The molecule has 1 saturated heterocycles. The number of halogens is 1. The standard InChI is InChI=1S/C11H14N2O5.ClH/c12-10(17)6-2-1-3-13(4-6)11-9(16)8(15)7(5-14)18-11;/h1-4,7-9,11,14-16H,5H2,(H-,12,17);1H/t7-,8-,9-,11-;/m1./s1. The third-order valence-corrected chi connectivity index (χ3v) is 2.90. The molecule has 0 radical (unpaired) electrons. The molecule has 1 fully saturated rings. The SMILES string of the molecule is Cl.N=C([O-])c1ccc[n+]([C@@H]2O[C@H](CO)[C@@H](O)[C@H]2O)c1. The third kappa shape index (κ3) is 3.02. The molecule has 0 saturated carbocycles. The van der Waals surface area contributed by atoms with Gasteiger partial charge in [-0.3, -0.25) is 0 Å². The zero-order valence-electron chi connectivity index (χ0n) is 9.84. The van der Waals surface area contributed by atoms with Crippen LogP contribution in [0.2, 0.25) is 0 Å². The lowest BCUT2D eigenvalue weighted by atomic mass is 10.1. The number of aromatic nitrogens is 1. The van der Waals surface area contributed by atoms with E-state index in [1.807, 2.05) is 0 Å². The normalized spacial score (nSPS) is 29.8. The van der Waals surface area contributed by atoms with Crippen molar-refractivity contribution in [3.05, 3.63) is 30.1 Å². The molecule has 1 aromatic heterocycles. The number of aliphatic hydroxyl groups is 3. The van der Waals surface area contributed by atoms with E-state index in [-0.39, 0.29) is 18.0 Å². The molecule has 1 aliphatic rings. The van der Waals surface area contributed by atoms with Gasteiger partial charge in [0.2, 0.25) is 0 Å². The lowest BCUT2D eigenvalue weighted by Gasteiger charge is -2.11. The second-order valence-electron chi connectivity index (χ2n) is 4.10. The van der Waals surface area contributed by atoms with E-state index in [0.29, 0.717) is 0 Å². The third-order valence-electron chi connectivity index (χ3n) is 2.90. The number of rotatable bonds is 3. The lowest BCUT2D eigenvalue weighted by Crippen LogP contribution is -2.46. The van der Waals surface area contributed by atoms with Crippen LogP contribution in [0.5, 0.6) is 0 Å². The minimum Gasteiger partial charge on any atom is -0.859 e. The van der Waals surface area contributed by atoms with Crippen molar-refractivity contribution in [3.63, 3.8) is 0 Å². The van der Waals surface area contributed by atoms with Crippen LogP contribution in [-0.2, 0) is 4.74 Å². The molecule has 2 heterocycles. The van der Waals surface area contributed by atoms with Gasteiger partial charge in [-0.2, -0.15) is 4.57 Å². The van der Waals surface area contributed by atoms with Crippen LogP contribution in [0, 0.1) is 5.41 Å². The summed E-state index contributed by atoms with van der Waals surface area (Å²) in [6.45, 7) is -0.410. The van der Waals surface area contributed by atoms with Crippen molar-refractivity contribution < 1.29 is 29.7 Å². The molecule has 0 unspecified atom stereocenters. The number of hydrogen-bond donors (Lipinski definition) is 4. The molecular formula is C11H15ClN2O5. The topological polar surface area (TPSA) is 121 Å². The van der Waals surface area contributed by atoms with Gasteiger partial charge < -0.3 is 30.6 Å². The summed E-state index contributed by atoms with van der Waals surface area (Å²) in [4.78, 5) is 0. The molecular weight excluding hydrogens is 276 g/mol.